The number of carbonyl (C=O) groups is 2. The summed E-state index contributed by atoms with van der Waals surface area (Å²) in [5.74, 6) is -1.18. The number of likely N-dealkylation sites (tertiary alicyclic amines) is 1. The summed E-state index contributed by atoms with van der Waals surface area (Å²) in [5.41, 5.74) is 4.98. The van der Waals surface area contributed by atoms with Crippen LogP contribution in [0.4, 0.5) is 0 Å². The molecule has 5 heteroatoms. The molecule has 1 atom stereocenters. The molecule has 1 aliphatic rings. The van der Waals surface area contributed by atoms with Gasteiger partial charge in [-0.05, 0) is 19.4 Å². The van der Waals surface area contributed by atoms with Gasteiger partial charge in [0.1, 0.15) is 6.04 Å². The van der Waals surface area contributed by atoms with Gasteiger partial charge in [-0.25, -0.2) is 0 Å². The topological polar surface area (TPSA) is 83.6 Å². The second kappa shape index (κ2) is 4.23. The number of carboxylic acids is 1. The van der Waals surface area contributed by atoms with Gasteiger partial charge in [0.25, 0.3) is 0 Å². The zero-order chi connectivity index (χ0) is 9.84. The molecule has 1 fully saturated rings. The lowest BCUT2D eigenvalue weighted by atomic mass is 10.2. The predicted octanol–water partition coefficient (Wildman–Crippen LogP) is -0.589. The first-order valence-electron chi connectivity index (χ1n) is 4.36. The first-order valence-corrected chi connectivity index (χ1v) is 4.36. The Kier molecular flexibility index (Phi) is 3.25. The molecule has 0 radical (unpaired) electrons. The number of nitrogens with zero attached hydrogens (tertiary/aromatic N) is 1. The fraction of sp³-hybridized carbons (Fsp3) is 0.750. The van der Waals surface area contributed by atoms with Gasteiger partial charge < -0.3 is 10.8 Å². The number of rotatable bonds is 4. The van der Waals surface area contributed by atoms with Crippen LogP contribution in [-0.4, -0.2) is 41.0 Å². The van der Waals surface area contributed by atoms with E-state index in [4.69, 9.17) is 10.8 Å². The minimum atomic E-state index is -0.804. The zero-order valence-corrected chi connectivity index (χ0v) is 7.40. The number of carbonyl (C=O) groups excluding carboxylic acids is 1. The number of primary amides is 1. The highest BCUT2D eigenvalue weighted by molar-refractivity contribution is 5.75. The lowest BCUT2D eigenvalue weighted by Gasteiger charge is -2.19. The summed E-state index contributed by atoms with van der Waals surface area (Å²) in [5, 5.41) is 8.79. The predicted molar refractivity (Wildman–Crippen MR) is 46.0 cm³/mol. The van der Waals surface area contributed by atoms with Gasteiger partial charge in [0.2, 0.25) is 5.91 Å². The van der Waals surface area contributed by atoms with Crippen LogP contribution in [0.1, 0.15) is 19.3 Å². The van der Waals surface area contributed by atoms with Gasteiger partial charge in [-0.3, -0.25) is 14.5 Å². The Bertz CT molecular complexity index is 217. The normalized spacial score (nSPS) is 23.2. The van der Waals surface area contributed by atoms with E-state index in [2.05, 4.69) is 0 Å². The highest BCUT2D eigenvalue weighted by Gasteiger charge is 2.29. The van der Waals surface area contributed by atoms with Gasteiger partial charge in [-0.2, -0.15) is 0 Å². The summed E-state index contributed by atoms with van der Waals surface area (Å²) in [6.45, 7) is 1.22. The Balaban J connectivity index is 2.39. The third kappa shape index (κ3) is 2.69. The van der Waals surface area contributed by atoms with Crippen LogP contribution in [0.25, 0.3) is 0 Å². The number of hydrogen-bond donors (Lipinski definition) is 2. The SMILES string of the molecule is NC(=O)CCN1CCCC1C(=O)O. The van der Waals surface area contributed by atoms with Crippen molar-refractivity contribution in [1.82, 2.24) is 4.90 Å². The third-order valence-corrected chi connectivity index (χ3v) is 2.29. The Morgan fingerprint density at radius 1 is 1.54 bits per heavy atom. The van der Waals surface area contributed by atoms with E-state index in [1.165, 1.54) is 0 Å². The third-order valence-electron chi connectivity index (χ3n) is 2.29. The first-order chi connectivity index (χ1) is 6.11. The van der Waals surface area contributed by atoms with E-state index in [1.807, 2.05) is 0 Å². The van der Waals surface area contributed by atoms with Crippen molar-refractivity contribution < 1.29 is 14.7 Å². The van der Waals surface area contributed by atoms with Crippen molar-refractivity contribution in [2.45, 2.75) is 25.3 Å². The maximum Gasteiger partial charge on any atom is 0.320 e. The summed E-state index contributed by atoms with van der Waals surface area (Å²) < 4.78 is 0. The minimum absolute atomic E-state index is 0.240. The van der Waals surface area contributed by atoms with Gasteiger partial charge >= 0.3 is 5.97 Å². The molecule has 0 aliphatic carbocycles. The molecule has 1 saturated heterocycles. The van der Waals surface area contributed by atoms with Crippen LogP contribution in [0.3, 0.4) is 0 Å². The molecule has 5 nitrogen and oxygen atoms in total. The van der Waals surface area contributed by atoms with Crippen LogP contribution in [-0.2, 0) is 9.59 Å². The average molecular weight is 186 g/mol. The van der Waals surface area contributed by atoms with Crippen molar-refractivity contribution >= 4 is 11.9 Å². The Morgan fingerprint density at radius 3 is 2.77 bits per heavy atom. The van der Waals surface area contributed by atoms with Gasteiger partial charge in [-0.1, -0.05) is 0 Å². The maximum atomic E-state index is 10.7. The summed E-state index contributed by atoms with van der Waals surface area (Å²) >= 11 is 0. The molecule has 13 heavy (non-hydrogen) atoms. The molecule has 0 aromatic carbocycles. The molecule has 74 valence electrons. The van der Waals surface area contributed by atoms with Crippen LogP contribution >= 0.6 is 0 Å². The number of hydrogen-bond acceptors (Lipinski definition) is 3. The maximum absolute atomic E-state index is 10.7. The van der Waals surface area contributed by atoms with Gasteiger partial charge in [0.15, 0.2) is 0 Å². The molecule has 1 unspecified atom stereocenters. The molecule has 0 bridgehead atoms. The molecular formula is C8H14N2O3. The van der Waals surface area contributed by atoms with Gasteiger partial charge in [-0.15, -0.1) is 0 Å². The monoisotopic (exact) mass is 186 g/mol. The van der Waals surface area contributed by atoms with Crippen LogP contribution < -0.4 is 5.73 Å². The van der Waals surface area contributed by atoms with Crippen LogP contribution in [0.2, 0.25) is 0 Å². The fourth-order valence-electron chi connectivity index (χ4n) is 1.63. The second-order valence-corrected chi connectivity index (χ2v) is 3.25. The Morgan fingerprint density at radius 2 is 2.23 bits per heavy atom. The van der Waals surface area contributed by atoms with E-state index in [9.17, 15) is 9.59 Å². The Labute approximate surface area is 76.5 Å². The smallest absolute Gasteiger partial charge is 0.320 e. The van der Waals surface area contributed by atoms with E-state index in [0.717, 1.165) is 13.0 Å². The summed E-state index contributed by atoms with van der Waals surface area (Å²) in [6.07, 6.45) is 1.80. The fourth-order valence-corrected chi connectivity index (χ4v) is 1.63. The van der Waals surface area contributed by atoms with Crippen molar-refractivity contribution in [2.75, 3.05) is 13.1 Å². The summed E-state index contributed by atoms with van der Waals surface area (Å²) in [6, 6.07) is -0.417. The first kappa shape index (κ1) is 9.98. The quantitative estimate of drug-likeness (QED) is 0.614. The van der Waals surface area contributed by atoms with E-state index in [0.29, 0.717) is 13.0 Å². The lowest BCUT2D eigenvalue weighted by molar-refractivity contribution is -0.142. The van der Waals surface area contributed by atoms with E-state index >= 15 is 0 Å². The van der Waals surface area contributed by atoms with E-state index < -0.39 is 12.0 Å². The van der Waals surface area contributed by atoms with Crippen molar-refractivity contribution in [3.8, 4) is 0 Å². The van der Waals surface area contributed by atoms with Crippen molar-refractivity contribution in [1.29, 1.82) is 0 Å². The van der Waals surface area contributed by atoms with Crippen molar-refractivity contribution in [3.63, 3.8) is 0 Å². The largest absolute Gasteiger partial charge is 0.480 e. The molecule has 1 aliphatic heterocycles. The summed E-state index contributed by atoms with van der Waals surface area (Å²) in [4.78, 5) is 23.0. The zero-order valence-electron chi connectivity index (χ0n) is 7.40. The molecular weight excluding hydrogens is 172 g/mol. The van der Waals surface area contributed by atoms with Crippen LogP contribution in [0.15, 0.2) is 0 Å². The number of nitrogens with two attached hydrogens (primary N) is 1. The molecule has 0 aromatic heterocycles. The highest BCUT2D eigenvalue weighted by Crippen LogP contribution is 2.17. The molecule has 0 aromatic rings. The Hall–Kier alpha value is -1.10. The van der Waals surface area contributed by atoms with Crippen molar-refractivity contribution in [3.05, 3.63) is 0 Å². The van der Waals surface area contributed by atoms with Crippen LogP contribution in [0.5, 0.6) is 0 Å². The highest BCUT2D eigenvalue weighted by atomic mass is 16.4. The van der Waals surface area contributed by atoms with Gasteiger partial charge in [0, 0.05) is 13.0 Å². The van der Waals surface area contributed by atoms with Crippen molar-refractivity contribution in [2.24, 2.45) is 5.73 Å². The molecule has 1 rings (SSSR count). The van der Waals surface area contributed by atoms with E-state index in [-0.39, 0.29) is 12.3 Å². The second-order valence-electron chi connectivity index (χ2n) is 3.25. The summed E-state index contributed by atoms with van der Waals surface area (Å²) in [7, 11) is 0. The van der Waals surface area contributed by atoms with E-state index in [1.54, 1.807) is 4.90 Å². The molecule has 1 amide bonds. The number of amides is 1. The standard InChI is InChI=1S/C8H14N2O3/c9-7(11)3-5-10-4-1-2-6(10)8(12)13/h6H,1-5H2,(H2,9,11)(H,12,13). The number of carboxylic acid groups (broad SMARTS) is 1. The molecule has 0 spiro atoms. The molecule has 3 N–H and O–H groups in total. The van der Waals surface area contributed by atoms with Crippen LogP contribution in [0, 0.1) is 0 Å². The molecule has 0 saturated carbocycles. The minimum Gasteiger partial charge on any atom is -0.480 e. The number of aliphatic carboxylic acids is 1. The lowest BCUT2D eigenvalue weighted by Crippen LogP contribution is -2.37. The van der Waals surface area contributed by atoms with Gasteiger partial charge in [0.05, 0.1) is 0 Å². The average Bonchev–Trinajstić information content (AvgIpc) is 2.47. The molecule has 1 heterocycles.